The van der Waals surface area contributed by atoms with E-state index in [1.54, 1.807) is 6.07 Å². The van der Waals surface area contributed by atoms with Crippen molar-refractivity contribution in [2.75, 3.05) is 13.7 Å². The van der Waals surface area contributed by atoms with Crippen molar-refractivity contribution in [2.24, 2.45) is 0 Å². The Morgan fingerprint density at radius 2 is 2.20 bits per heavy atom. The summed E-state index contributed by atoms with van der Waals surface area (Å²) in [5.74, 6) is -0.625. The average Bonchev–Trinajstić information content (AvgIpc) is 2.91. The largest absolute Gasteiger partial charge is 0.394 e. The van der Waals surface area contributed by atoms with Crippen molar-refractivity contribution < 1.29 is 18.3 Å². The van der Waals surface area contributed by atoms with Crippen LogP contribution in [0, 0.1) is 0 Å². The Kier molecular flexibility index (Phi) is 4.28. The summed E-state index contributed by atoms with van der Waals surface area (Å²) < 4.78 is 34.6. The monoisotopic (exact) mass is 316 g/mol. The second-order valence-corrected chi connectivity index (χ2v) is 6.07. The molecule has 0 bridgehead atoms. The molecule has 0 aliphatic rings. The number of nitrogens with one attached hydrogen (secondary N) is 2. The molecule has 3 N–H and O–H groups in total. The molecule has 1 aromatic carbocycles. The van der Waals surface area contributed by atoms with Crippen LogP contribution in [-0.4, -0.2) is 47.9 Å². The molecule has 1 unspecified atom stereocenters. The van der Waals surface area contributed by atoms with Crippen LogP contribution in [0.15, 0.2) is 23.1 Å². The third kappa shape index (κ3) is 2.77. The van der Waals surface area contributed by atoms with Crippen molar-refractivity contribution in [3.05, 3.63) is 18.2 Å². The molecule has 1 aromatic heterocycles. The number of hydrogen-bond donors (Lipinski definition) is 3. The van der Waals surface area contributed by atoms with E-state index in [1.165, 1.54) is 19.2 Å². The predicted octanol–water partition coefficient (Wildman–Crippen LogP) is -0.924. The molecule has 0 aliphatic carbocycles. The first kappa shape index (κ1) is 14.8. The van der Waals surface area contributed by atoms with Gasteiger partial charge in [-0.05, 0) is 12.1 Å². The zero-order valence-electron chi connectivity index (χ0n) is 10.4. The van der Waals surface area contributed by atoms with Crippen LogP contribution in [0.3, 0.4) is 0 Å². The molecule has 0 spiro atoms. The van der Waals surface area contributed by atoms with E-state index in [4.69, 9.17) is 5.11 Å². The molecule has 2 rings (SSSR count). The molecule has 1 atom stereocenters. The van der Waals surface area contributed by atoms with Crippen LogP contribution in [0.1, 0.15) is 0 Å². The van der Waals surface area contributed by atoms with Gasteiger partial charge in [-0.25, -0.2) is 8.42 Å². The van der Waals surface area contributed by atoms with Crippen LogP contribution in [0.2, 0.25) is 0 Å². The van der Waals surface area contributed by atoms with E-state index < -0.39 is 28.6 Å². The number of carbonyl (C=O) groups is 1. The highest BCUT2D eigenvalue weighted by Gasteiger charge is 2.26. The fourth-order valence-electron chi connectivity index (χ4n) is 1.60. The second kappa shape index (κ2) is 5.79. The molecular weight excluding hydrogens is 304 g/mol. The highest BCUT2D eigenvalue weighted by atomic mass is 32.2. The van der Waals surface area contributed by atoms with E-state index >= 15 is 0 Å². The van der Waals surface area contributed by atoms with E-state index in [0.717, 1.165) is 11.7 Å². The molecule has 10 heteroatoms. The summed E-state index contributed by atoms with van der Waals surface area (Å²) in [6, 6.07) is 3.28. The van der Waals surface area contributed by atoms with E-state index in [9.17, 15) is 13.2 Å². The van der Waals surface area contributed by atoms with Gasteiger partial charge in [-0.3, -0.25) is 4.79 Å². The lowest BCUT2D eigenvalue weighted by Crippen LogP contribution is -2.47. The van der Waals surface area contributed by atoms with E-state index in [2.05, 4.69) is 18.8 Å². The van der Waals surface area contributed by atoms with Gasteiger partial charge in [-0.2, -0.15) is 13.5 Å². The van der Waals surface area contributed by atoms with Crippen molar-refractivity contribution in [1.82, 2.24) is 18.8 Å². The summed E-state index contributed by atoms with van der Waals surface area (Å²) in [5.41, 5.74) is 0.692. The molecule has 0 radical (unpaired) electrons. The highest BCUT2D eigenvalue weighted by Crippen LogP contribution is 2.21. The normalized spacial score (nSPS) is 13.3. The molecule has 2 aromatic rings. The third-order valence-corrected chi connectivity index (χ3v) is 4.63. The highest BCUT2D eigenvalue weighted by molar-refractivity contribution is 7.89. The van der Waals surface area contributed by atoms with Gasteiger partial charge >= 0.3 is 0 Å². The molecule has 0 saturated heterocycles. The lowest BCUT2D eigenvalue weighted by Gasteiger charge is -2.14. The van der Waals surface area contributed by atoms with Crippen LogP contribution in [0.5, 0.6) is 0 Å². The maximum atomic E-state index is 12.3. The number of nitrogens with zero attached hydrogens (tertiary/aromatic N) is 2. The first-order valence-corrected chi connectivity index (χ1v) is 7.77. The summed E-state index contributed by atoms with van der Waals surface area (Å²) >= 11 is 0.898. The fraction of sp³-hybridized carbons (Fsp3) is 0.300. The van der Waals surface area contributed by atoms with Gasteiger partial charge in [0.25, 0.3) is 0 Å². The number of benzene rings is 1. The number of amides is 1. The molecule has 20 heavy (non-hydrogen) atoms. The Bertz CT molecular complexity index is 728. The minimum absolute atomic E-state index is 0.0777. The quantitative estimate of drug-likeness (QED) is 0.656. The minimum Gasteiger partial charge on any atom is -0.394 e. The van der Waals surface area contributed by atoms with E-state index in [1.807, 2.05) is 0 Å². The molecule has 8 nitrogen and oxygen atoms in total. The number of carbonyl (C=O) groups excluding carboxylic acids is 1. The van der Waals surface area contributed by atoms with Gasteiger partial charge in [0.2, 0.25) is 15.9 Å². The lowest BCUT2D eigenvalue weighted by molar-refractivity contribution is -0.123. The zero-order valence-corrected chi connectivity index (χ0v) is 12.0. The Labute approximate surface area is 119 Å². The van der Waals surface area contributed by atoms with Crippen molar-refractivity contribution in [3.63, 3.8) is 0 Å². The third-order valence-electron chi connectivity index (χ3n) is 2.58. The molecule has 0 fully saturated rings. The maximum absolute atomic E-state index is 12.3. The summed E-state index contributed by atoms with van der Waals surface area (Å²) in [5, 5.41) is 11.4. The van der Waals surface area contributed by atoms with Gasteiger partial charge < -0.3 is 10.4 Å². The standard InChI is InChI=1S/C10H12N4O4S2/c1-11-10(16)7(5-15)14-20(17,18)8-4-2-3-6-9(8)13-19-12-6/h2-4,7,14-15H,5H2,1H3,(H,11,16). The summed E-state index contributed by atoms with van der Waals surface area (Å²) in [7, 11) is -2.64. The first-order valence-electron chi connectivity index (χ1n) is 5.55. The molecule has 1 amide bonds. The first-order chi connectivity index (χ1) is 9.49. The Morgan fingerprint density at radius 3 is 2.85 bits per heavy atom. The van der Waals surface area contributed by atoms with Crippen LogP contribution in [0.4, 0.5) is 0 Å². The number of rotatable bonds is 5. The zero-order chi connectivity index (χ0) is 14.8. The van der Waals surface area contributed by atoms with Gasteiger partial charge in [0.05, 0.1) is 18.3 Å². The fourth-order valence-corrected chi connectivity index (χ4v) is 3.55. The maximum Gasteiger partial charge on any atom is 0.243 e. The number of sulfonamides is 1. The molecule has 1 heterocycles. The average molecular weight is 316 g/mol. The minimum atomic E-state index is -3.99. The smallest absolute Gasteiger partial charge is 0.243 e. The van der Waals surface area contributed by atoms with Crippen LogP contribution >= 0.6 is 11.7 Å². The molecule has 0 saturated carbocycles. The second-order valence-electron chi connectivity index (χ2n) is 3.86. The molecule has 108 valence electrons. The number of hydrogen-bond acceptors (Lipinski definition) is 7. The predicted molar refractivity (Wildman–Crippen MR) is 72.7 cm³/mol. The Hall–Kier alpha value is -1.62. The van der Waals surface area contributed by atoms with Gasteiger partial charge in [-0.1, -0.05) is 6.07 Å². The Balaban J connectivity index is 2.40. The topological polar surface area (TPSA) is 121 Å². The number of aromatic nitrogens is 2. The van der Waals surface area contributed by atoms with E-state index in [0.29, 0.717) is 5.52 Å². The molecule has 0 aliphatic heterocycles. The number of aliphatic hydroxyl groups is 1. The van der Waals surface area contributed by atoms with Crippen LogP contribution in [0.25, 0.3) is 11.0 Å². The summed E-state index contributed by atoms with van der Waals surface area (Å²) in [6.45, 7) is -0.649. The van der Waals surface area contributed by atoms with Gasteiger partial charge in [0.15, 0.2) is 0 Å². The van der Waals surface area contributed by atoms with Gasteiger partial charge in [-0.15, -0.1) is 0 Å². The van der Waals surface area contributed by atoms with Crippen molar-refractivity contribution in [2.45, 2.75) is 10.9 Å². The van der Waals surface area contributed by atoms with E-state index in [-0.39, 0.29) is 10.4 Å². The van der Waals surface area contributed by atoms with Gasteiger partial charge in [0, 0.05) is 7.05 Å². The Morgan fingerprint density at radius 1 is 1.45 bits per heavy atom. The van der Waals surface area contributed by atoms with Crippen molar-refractivity contribution >= 4 is 38.7 Å². The van der Waals surface area contributed by atoms with Crippen molar-refractivity contribution in [3.8, 4) is 0 Å². The lowest BCUT2D eigenvalue weighted by atomic mass is 10.3. The number of aliphatic hydroxyl groups excluding tert-OH is 1. The SMILES string of the molecule is CNC(=O)C(CO)NS(=O)(=O)c1cccc2nsnc12. The number of likely N-dealkylation sites (N-methyl/N-ethyl adjacent to an activating group) is 1. The molecular formula is C10H12N4O4S2. The number of fused-ring (bicyclic) bond motifs is 1. The summed E-state index contributed by atoms with van der Waals surface area (Å²) in [6.07, 6.45) is 0. The van der Waals surface area contributed by atoms with Crippen molar-refractivity contribution in [1.29, 1.82) is 0 Å². The van der Waals surface area contributed by atoms with Crippen LogP contribution < -0.4 is 10.0 Å². The van der Waals surface area contributed by atoms with Crippen LogP contribution in [-0.2, 0) is 14.8 Å². The summed E-state index contributed by atoms with van der Waals surface area (Å²) in [4.78, 5) is 11.4. The van der Waals surface area contributed by atoms with Gasteiger partial charge in [0.1, 0.15) is 22.0 Å².